The fraction of sp³-hybridized carbons (Fsp3) is 0.250. The Labute approximate surface area is 53.4 Å². The maximum absolute atomic E-state index is 11.6. The summed E-state index contributed by atoms with van der Waals surface area (Å²) < 4.78 is 23.6. The molecule has 0 bridgehead atoms. The van der Waals surface area contributed by atoms with Gasteiger partial charge in [0.25, 0.3) is 0 Å². The Morgan fingerprint density at radius 1 is 1.67 bits per heavy atom. The molecule has 0 radical (unpaired) electrons. The van der Waals surface area contributed by atoms with Crippen LogP contribution in [0.3, 0.4) is 0 Å². The van der Waals surface area contributed by atoms with E-state index in [1.807, 2.05) is 0 Å². The lowest BCUT2D eigenvalue weighted by molar-refractivity contribution is 0.0682. The number of hydrogen-bond acceptors (Lipinski definition) is 2. The van der Waals surface area contributed by atoms with Crippen LogP contribution in [0.15, 0.2) is 16.4 Å². The predicted molar refractivity (Wildman–Crippen MR) is 29.8 cm³/mol. The van der Waals surface area contributed by atoms with E-state index in [-0.39, 0.29) is 0 Å². The van der Waals surface area contributed by atoms with E-state index in [2.05, 4.69) is 0 Å². The maximum Gasteiger partial charge on any atom is 0.322 e. The first-order valence-electron chi connectivity index (χ1n) is 2.15. The van der Waals surface area contributed by atoms with Crippen LogP contribution >= 0.6 is 11.3 Å². The zero-order valence-corrected chi connectivity index (χ0v) is 5.07. The molecule has 0 aliphatic rings. The van der Waals surface area contributed by atoms with Gasteiger partial charge in [0.05, 0.1) is 0 Å². The van der Waals surface area contributed by atoms with Gasteiger partial charge in [0.1, 0.15) is 0 Å². The van der Waals surface area contributed by atoms with Crippen molar-refractivity contribution < 1.29 is 8.78 Å². The first kappa shape index (κ1) is 6.41. The van der Waals surface area contributed by atoms with E-state index >= 15 is 0 Å². The Morgan fingerprint density at radius 3 is 2.56 bits per heavy atom. The number of rotatable bonds is 1. The summed E-state index contributed by atoms with van der Waals surface area (Å²) in [5, 5.41) is 1.33. The summed E-state index contributed by atoms with van der Waals surface area (Å²) in [6.45, 7) is -2.70. The molecule has 0 aliphatic carbocycles. The summed E-state index contributed by atoms with van der Waals surface area (Å²) in [6.07, 6.45) is 1.07. The van der Waals surface area contributed by atoms with Crippen LogP contribution in [0.25, 0.3) is 0 Å². The SMILES string of the molecule is O=c1sccn1C(F)F. The van der Waals surface area contributed by atoms with Gasteiger partial charge in [-0.1, -0.05) is 11.3 Å². The first-order valence-corrected chi connectivity index (χ1v) is 3.03. The molecule has 0 spiro atoms. The number of thiazole rings is 1. The Kier molecular flexibility index (Phi) is 1.61. The summed E-state index contributed by atoms with van der Waals surface area (Å²) in [7, 11) is 0. The van der Waals surface area contributed by atoms with Crippen molar-refractivity contribution in [3.63, 3.8) is 0 Å². The number of nitrogens with zero attached hydrogens (tertiary/aromatic N) is 1. The second-order valence-corrected chi connectivity index (χ2v) is 2.21. The average molecular weight is 151 g/mol. The van der Waals surface area contributed by atoms with E-state index < -0.39 is 11.4 Å². The number of hydrogen-bond donors (Lipinski definition) is 0. The van der Waals surface area contributed by atoms with Crippen LogP contribution < -0.4 is 4.87 Å². The minimum absolute atomic E-state index is 0.380. The molecule has 0 aliphatic heterocycles. The van der Waals surface area contributed by atoms with E-state index in [1.165, 1.54) is 5.38 Å². The molecule has 9 heavy (non-hydrogen) atoms. The predicted octanol–water partition coefficient (Wildman–Crippen LogP) is 1.30. The lowest BCUT2D eigenvalue weighted by Gasteiger charge is -1.93. The van der Waals surface area contributed by atoms with Crippen LogP contribution in [0, 0.1) is 0 Å². The molecular weight excluding hydrogens is 148 g/mol. The van der Waals surface area contributed by atoms with Crippen LogP contribution in [0.5, 0.6) is 0 Å². The maximum atomic E-state index is 11.6. The third-order valence-corrected chi connectivity index (χ3v) is 1.48. The molecule has 2 nitrogen and oxygen atoms in total. The van der Waals surface area contributed by atoms with E-state index in [0.717, 1.165) is 17.5 Å². The van der Waals surface area contributed by atoms with Gasteiger partial charge >= 0.3 is 11.4 Å². The van der Waals surface area contributed by atoms with Crippen LogP contribution in [0.4, 0.5) is 8.78 Å². The summed E-state index contributed by atoms with van der Waals surface area (Å²) in [4.78, 5) is 9.74. The second kappa shape index (κ2) is 2.26. The highest BCUT2D eigenvalue weighted by Gasteiger charge is 2.06. The van der Waals surface area contributed by atoms with Gasteiger partial charge in [-0.2, -0.15) is 8.78 Å². The molecule has 0 aromatic carbocycles. The minimum Gasteiger partial charge on any atom is -0.256 e. The summed E-state index contributed by atoms with van der Waals surface area (Å²) in [5.74, 6) is 0. The molecule has 50 valence electrons. The van der Waals surface area contributed by atoms with Crippen molar-refractivity contribution in [2.24, 2.45) is 0 Å². The molecule has 0 saturated heterocycles. The topological polar surface area (TPSA) is 22.0 Å². The first-order chi connectivity index (χ1) is 4.22. The van der Waals surface area contributed by atoms with Crippen molar-refractivity contribution in [2.75, 3.05) is 0 Å². The molecule has 0 N–H and O–H groups in total. The van der Waals surface area contributed by atoms with Crippen LogP contribution in [0.2, 0.25) is 0 Å². The van der Waals surface area contributed by atoms with E-state index in [1.54, 1.807) is 0 Å². The molecule has 5 heteroatoms. The number of alkyl halides is 2. The highest BCUT2D eigenvalue weighted by atomic mass is 32.1. The average Bonchev–Trinajstić information content (AvgIpc) is 2.13. The normalized spacial score (nSPS) is 10.6. The molecule has 0 fully saturated rings. The Morgan fingerprint density at radius 2 is 2.33 bits per heavy atom. The van der Waals surface area contributed by atoms with Crippen LogP contribution in [0.1, 0.15) is 6.55 Å². The van der Waals surface area contributed by atoms with Crippen molar-refractivity contribution in [3.05, 3.63) is 21.2 Å². The van der Waals surface area contributed by atoms with Crippen molar-refractivity contribution in [1.29, 1.82) is 0 Å². The zero-order valence-electron chi connectivity index (χ0n) is 4.25. The van der Waals surface area contributed by atoms with Gasteiger partial charge in [-0.25, -0.2) is 4.57 Å². The largest absolute Gasteiger partial charge is 0.322 e. The van der Waals surface area contributed by atoms with E-state index in [0.29, 0.717) is 4.57 Å². The second-order valence-electron chi connectivity index (χ2n) is 1.35. The quantitative estimate of drug-likeness (QED) is 0.593. The summed E-state index contributed by atoms with van der Waals surface area (Å²) >= 11 is 0.760. The lowest BCUT2D eigenvalue weighted by Crippen LogP contribution is -2.11. The molecule has 0 atom stereocenters. The molecular formula is C4H3F2NOS. The van der Waals surface area contributed by atoms with Crippen molar-refractivity contribution in [2.45, 2.75) is 6.55 Å². The zero-order chi connectivity index (χ0) is 6.85. The lowest BCUT2D eigenvalue weighted by atomic mass is 10.9. The van der Waals surface area contributed by atoms with Gasteiger partial charge in [0, 0.05) is 11.6 Å². The van der Waals surface area contributed by atoms with E-state index in [9.17, 15) is 13.6 Å². The van der Waals surface area contributed by atoms with Crippen LogP contribution in [-0.2, 0) is 0 Å². The Balaban J connectivity index is 3.08. The fourth-order valence-corrected chi connectivity index (χ4v) is 0.991. The van der Waals surface area contributed by atoms with Crippen molar-refractivity contribution >= 4 is 11.3 Å². The molecule has 0 saturated carbocycles. The van der Waals surface area contributed by atoms with Gasteiger partial charge in [0.15, 0.2) is 0 Å². The highest BCUT2D eigenvalue weighted by molar-refractivity contribution is 7.07. The summed E-state index contributed by atoms with van der Waals surface area (Å²) in [5.41, 5.74) is 0. The number of aromatic nitrogens is 1. The third kappa shape index (κ3) is 1.16. The highest BCUT2D eigenvalue weighted by Crippen LogP contribution is 2.05. The van der Waals surface area contributed by atoms with Crippen molar-refractivity contribution in [1.82, 2.24) is 4.57 Å². The molecule has 1 aromatic rings. The van der Waals surface area contributed by atoms with Crippen LogP contribution in [-0.4, -0.2) is 4.57 Å². The standard InChI is InChI=1S/C4H3F2NOS/c5-3(6)7-1-2-9-4(7)8/h1-3H. The molecule has 0 unspecified atom stereocenters. The van der Waals surface area contributed by atoms with E-state index in [4.69, 9.17) is 0 Å². The minimum atomic E-state index is -2.70. The number of halogens is 2. The smallest absolute Gasteiger partial charge is 0.256 e. The monoisotopic (exact) mass is 151 g/mol. The Hall–Kier alpha value is -0.710. The van der Waals surface area contributed by atoms with Gasteiger partial charge < -0.3 is 0 Å². The van der Waals surface area contributed by atoms with Gasteiger partial charge in [-0.05, 0) is 0 Å². The third-order valence-electron chi connectivity index (χ3n) is 0.811. The van der Waals surface area contributed by atoms with Gasteiger partial charge in [-0.15, -0.1) is 0 Å². The molecule has 1 aromatic heterocycles. The fourth-order valence-electron chi connectivity index (χ4n) is 0.421. The molecule has 1 heterocycles. The van der Waals surface area contributed by atoms with Crippen molar-refractivity contribution in [3.8, 4) is 0 Å². The Bertz CT molecular complexity index is 241. The molecule has 0 amide bonds. The summed E-state index contributed by atoms with van der Waals surface area (Å²) in [6, 6.07) is 0. The molecule has 1 rings (SSSR count). The van der Waals surface area contributed by atoms with Gasteiger partial charge in [-0.3, -0.25) is 4.79 Å². The van der Waals surface area contributed by atoms with Gasteiger partial charge in [0.2, 0.25) is 0 Å².